The molecule has 3 rings (SSSR count). The Morgan fingerprint density at radius 3 is 2.91 bits per heavy atom. The summed E-state index contributed by atoms with van der Waals surface area (Å²) >= 11 is 6.03. The van der Waals surface area contributed by atoms with Gasteiger partial charge in [0.1, 0.15) is 6.04 Å². The Balaban J connectivity index is 1.98. The number of carbonyl (C=O) groups excluding carboxylic acids is 1. The first-order chi connectivity index (χ1) is 10.6. The van der Waals surface area contributed by atoms with Gasteiger partial charge in [-0.05, 0) is 42.8 Å². The number of nitrogens with one attached hydrogen (secondary N) is 1. The van der Waals surface area contributed by atoms with E-state index in [0.29, 0.717) is 17.1 Å². The van der Waals surface area contributed by atoms with E-state index in [4.69, 9.17) is 16.9 Å². The van der Waals surface area contributed by atoms with Crippen molar-refractivity contribution in [2.24, 2.45) is 0 Å². The van der Waals surface area contributed by atoms with E-state index in [-0.39, 0.29) is 11.9 Å². The second-order valence-electron chi connectivity index (χ2n) is 5.26. The van der Waals surface area contributed by atoms with Crippen LogP contribution in [0.1, 0.15) is 18.1 Å². The standard InChI is InChI=1S/C17H14ClN3O/c1-11-17(22)21(10-13-4-2-3-12(7-13)9-19)16-6-5-14(18)8-15(16)20-11/h2-8,11,20H,10H2,1H3. The number of amides is 1. The highest BCUT2D eigenvalue weighted by Gasteiger charge is 2.29. The van der Waals surface area contributed by atoms with E-state index < -0.39 is 0 Å². The lowest BCUT2D eigenvalue weighted by atomic mass is 10.1. The molecule has 1 atom stereocenters. The molecule has 22 heavy (non-hydrogen) atoms. The van der Waals surface area contributed by atoms with Crippen molar-refractivity contribution in [2.75, 3.05) is 10.2 Å². The van der Waals surface area contributed by atoms with Crippen LogP contribution in [0.15, 0.2) is 42.5 Å². The number of halogens is 1. The van der Waals surface area contributed by atoms with Gasteiger partial charge in [-0.25, -0.2) is 0 Å². The van der Waals surface area contributed by atoms with Crippen molar-refractivity contribution in [2.45, 2.75) is 19.5 Å². The van der Waals surface area contributed by atoms with Crippen LogP contribution < -0.4 is 10.2 Å². The minimum atomic E-state index is -0.315. The van der Waals surface area contributed by atoms with Crippen LogP contribution in [0, 0.1) is 11.3 Å². The molecular formula is C17H14ClN3O. The van der Waals surface area contributed by atoms with E-state index in [1.54, 1.807) is 23.1 Å². The van der Waals surface area contributed by atoms with E-state index in [0.717, 1.165) is 16.9 Å². The highest BCUT2D eigenvalue weighted by molar-refractivity contribution is 6.31. The van der Waals surface area contributed by atoms with Crippen molar-refractivity contribution in [3.05, 3.63) is 58.6 Å². The van der Waals surface area contributed by atoms with Crippen LogP contribution in [0.5, 0.6) is 0 Å². The maximum absolute atomic E-state index is 12.5. The first kappa shape index (κ1) is 14.4. The van der Waals surface area contributed by atoms with Gasteiger partial charge in [0.2, 0.25) is 5.91 Å². The van der Waals surface area contributed by atoms with Crippen LogP contribution in [-0.4, -0.2) is 11.9 Å². The van der Waals surface area contributed by atoms with Crippen molar-refractivity contribution in [3.63, 3.8) is 0 Å². The third-order valence-corrected chi connectivity index (χ3v) is 3.89. The minimum absolute atomic E-state index is 0.00261. The SMILES string of the molecule is CC1Nc2cc(Cl)ccc2N(Cc2cccc(C#N)c2)C1=O. The monoisotopic (exact) mass is 311 g/mol. The molecule has 0 saturated heterocycles. The molecule has 5 heteroatoms. The van der Waals surface area contributed by atoms with Gasteiger partial charge in [0, 0.05) is 5.02 Å². The summed E-state index contributed by atoms with van der Waals surface area (Å²) in [5.41, 5.74) is 3.15. The largest absolute Gasteiger partial charge is 0.372 e. The predicted octanol–water partition coefficient (Wildman–Crippen LogP) is 3.56. The van der Waals surface area contributed by atoms with Gasteiger partial charge < -0.3 is 10.2 Å². The summed E-state index contributed by atoms with van der Waals surface area (Å²) in [6, 6.07) is 14.5. The summed E-state index contributed by atoms with van der Waals surface area (Å²) in [5.74, 6) is -0.00261. The maximum atomic E-state index is 12.5. The van der Waals surface area contributed by atoms with Gasteiger partial charge in [-0.15, -0.1) is 0 Å². The molecule has 0 spiro atoms. The van der Waals surface area contributed by atoms with Gasteiger partial charge in [-0.1, -0.05) is 23.7 Å². The highest BCUT2D eigenvalue weighted by atomic mass is 35.5. The Hall–Kier alpha value is -2.51. The molecule has 0 aromatic heterocycles. The van der Waals surface area contributed by atoms with E-state index in [1.807, 2.05) is 31.2 Å². The number of anilines is 2. The van der Waals surface area contributed by atoms with E-state index in [9.17, 15) is 4.79 Å². The highest BCUT2D eigenvalue weighted by Crippen LogP contribution is 2.34. The van der Waals surface area contributed by atoms with E-state index in [2.05, 4.69) is 11.4 Å². The third-order valence-electron chi connectivity index (χ3n) is 3.65. The summed E-state index contributed by atoms with van der Waals surface area (Å²) in [4.78, 5) is 14.2. The molecule has 0 fully saturated rings. The maximum Gasteiger partial charge on any atom is 0.249 e. The number of hydrogen-bond donors (Lipinski definition) is 1. The Labute approximate surface area is 133 Å². The van der Waals surface area contributed by atoms with Crippen LogP contribution in [0.3, 0.4) is 0 Å². The van der Waals surface area contributed by atoms with Gasteiger partial charge in [0.25, 0.3) is 0 Å². The molecule has 0 saturated carbocycles. The van der Waals surface area contributed by atoms with Crippen LogP contribution in [-0.2, 0) is 11.3 Å². The fourth-order valence-corrected chi connectivity index (χ4v) is 2.76. The summed E-state index contributed by atoms with van der Waals surface area (Å²) in [5, 5.41) is 12.8. The third kappa shape index (κ3) is 2.63. The number of carbonyl (C=O) groups is 1. The molecule has 0 bridgehead atoms. The number of rotatable bonds is 2. The lowest BCUT2D eigenvalue weighted by Crippen LogP contribution is -2.45. The first-order valence-corrected chi connectivity index (χ1v) is 7.33. The molecule has 1 aliphatic rings. The first-order valence-electron chi connectivity index (χ1n) is 6.95. The molecular weight excluding hydrogens is 298 g/mol. The smallest absolute Gasteiger partial charge is 0.249 e. The quantitative estimate of drug-likeness (QED) is 0.922. The summed E-state index contributed by atoms with van der Waals surface area (Å²) in [6.07, 6.45) is 0. The Kier molecular flexibility index (Phi) is 3.74. The average Bonchev–Trinajstić information content (AvgIpc) is 2.52. The molecule has 4 nitrogen and oxygen atoms in total. The van der Waals surface area contributed by atoms with Crippen molar-refractivity contribution in [1.82, 2.24) is 0 Å². The van der Waals surface area contributed by atoms with Crippen molar-refractivity contribution in [1.29, 1.82) is 5.26 Å². The average molecular weight is 312 g/mol. The van der Waals surface area contributed by atoms with Gasteiger partial charge in [0.05, 0.1) is 29.6 Å². The fraction of sp³-hybridized carbons (Fsp3) is 0.176. The molecule has 1 aliphatic heterocycles. The molecule has 1 amide bonds. The van der Waals surface area contributed by atoms with Gasteiger partial charge in [-0.3, -0.25) is 4.79 Å². The van der Waals surface area contributed by atoms with Gasteiger partial charge in [-0.2, -0.15) is 5.26 Å². The molecule has 1 N–H and O–H groups in total. The van der Waals surface area contributed by atoms with Crippen molar-refractivity contribution in [3.8, 4) is 6.07 Å². The van der Waals surface area contributed by atoms with Crippen molar-refractivity contribution < 1.29 is 4.79 Å². The summed E-state index contributed by atoms with van der Waals surface area (Å²) in [7, 11) is 0. The van der Waals surface area contributed by atoms with Gasteiger partial charge in [0.15, 0.2) is 0 Å². The van der Waals surface area contributed by atoms with Crippen LogP contribution >= 0.6 is 11.6 Å². The number of nitriles is 1. The zero-order valence-corrected chi connectivity index (χ0v) is 12.8. The zero-order chi connectivity index (χ0) is 15.7. The molecule has 110 valence electrons. The molecule has 1 unspecified atom stereocenters. The number of hydrogen-bond acceptors (Lipinski definition) is 3. The molecule has 0 radical (unpaired) electrons. The normalized spacial score (nSPS) is 16.7. The second kappa shape index (κ2) is 5.70. The van der Waals surface area contributed by atoms with Crippen molar-refractivity contribution >= 4 is 28.9 Å². The number of fused-ring (bicyclic) bond motifs is 1. The Bertz CT molecular complexity index is 782. The molecule has 2 aromatic carbocycles. The minimum Gasteiger partial charge on any atom is -0.372 e. The summed E-state index contributed by atoms with van der Waals surface area (Å²) < 4.78 is 0. The van der Waals surface area contributed by atoms with Crippen LogP contribution in [0.4, 0.5) is 11.4 Å². The van der Waals surface area contributed by atoms with Crippen LogP contribution in [0.2, 0.25) is 5.02 Å². The Morgan fingerprint density at radius 1 is 1.32 bits per heavy atom. The Morgan fingerprint density at radius 2 is 2.14 bits per heavy atom. The molecule has 0 aliphatic carbocycles. The fourth-order valence-electron chi connectivity index (χ4n) is 2.59. The lowest BCUT2D eigenvalue weighted by molar-refractivity contribution is -0.119. The topological polar surface area (TPSA) is 56.1 Å². The molecule has 2 aromatic rings. The van der Waals surface area contributed by atoms with Crippen LogP contribution in [0.25, 0.3) is 0 Å². The lowest BCUT2D eigenvalue weighted by Gasteiger charge is -2.34. The van der Waals surface area contributed by atoms with E-state index >= 15 is 0 Å². The van der Waals surface area contributed by atoms with E-state index in [1.165, 1.54) is 0 Å². The number of benzene rings is 2. The second-order valence-corrected chi connectivity index (χ2v) is 5.70. The number of nitrogens with zero attached hydrogens (tertiary/aromatic N) is 2. The predicted molar refractivity (Wildman–Crippen MR) is 86.9 cm³/mol. The summed E-state index contributed by atoms with van der Waals surface area (Å²) in [6.45, 7) is 2.25. The van der Waals surface area contributed by atoms with Gasteiger partial charge >= 0.3 is 0 Å². The zero-order valence-electron chi connectivity index (χ0n) is 12.0. The molecule has 1 heterocycles.